The molecule has 0 radical (unpaired) electrons. The first-order valence-corrected chi connectivity index (χ1v) is 4.63. The van der Waals surface area contributed by atoms with Gasteiger partial charge in [0, 0.05) is 5.56 Å². The van der Waals surface area contributed by atoms with Crippen molar-refractivity contribution in [2.24, 2.45) is 5.73 Å². The maximum atomic E-state index is 11.8. The topological polar surface area (TPSA) is 52.3 Å². The average molecular weight is 191 g/mol. The number of carbonyl (C=O) groups is 1. The lowest BCUT2D eigenvalue weighted by Gasteiger charge is -2.07. The third kappa shape index (κ3) is 1.51. The highest BCUT2D eigenvalue weighted by Crippen LogP contribution is 2.35. The van der Waals surface area contributed by atoms with E-state index in [0.717, 1.165) is 18.6 Å². The number of carbonyl (C=O) groups excluding carboxylic acids is 1. The van der Waals surface area contributed by atoms with Gasteiger partial charge in [0.2, 0.25) is 0 Å². The lowest BCUT2D eigenvalue weighted by atomic mass is 10.0. The number of benzene rings is 1. The van der Waals surface area contributed by atoms with E-state index in [0.29, 0.717) is 5.56 Å². The van der Waals surface area contributed by atoms with Gasteiger partial charge in [-0.25, -0.2) is 0 Å². The van der Waals surface area contributed by atoms with Crippen LogP contribution in [0.25, 0.3) is 0 Å². The van der Waals surface area contributed by atoms with Crippen LogP contribution in [0.2, 0.25) is 0 Å². The maximum absolute atomic E-state index is 11.8. The summed E-state index contributed by atoms with van der Waals surface area (Å²) in [6, 6.07) is 7.07. The summed E-state index contributed by atoms with van der Waals surface area (Å²) in [5, 5.41) is 0. The largest absolute Gasteiger partial charge is 0.497 e. The van der Waals surface area contributed by atoms with Crippen LogP contribution in [0.3, 0.4) is 0 Å². The van der Waals surface area contributed by atoms with Crippen molar-refractivity contribution in [3.8, 4) is 5.75 Å². The smallest absolute Gasteiger partial charge is 0.182 e. The molecule has 0 saturated heterocycles. The van der Waals surface area contributed by atoms with Crippen LogP contribution in [-0.2, 0) is 0 Å². The van der Waals surface area contributed by atoms with E-state index >= 15 is 0 Å². The second-order valence-electron chi connectivity index (χ2n) is 3.71. The Bertz CT molecular complexity index is 352. The first-order chi connectivity index (χ1) is 6.65. The molecule has 74 valence electrons. The Morgan fingerprint density at radius 3 is 2.36 bits per heavy atom. The van der Waals surface area contributed by atoms with Crippen molar-refractivity contribution in [2.75, 3.05) is 7.11 Å². The van der Waals surface area contributed by atoms with Crippen LogP contribution in [0.15, 0.2) is 24.3 Å². The van der Waals surface area contributed by atoms with Gasteiger partial charge in [0.05, 0.1) is 12.6 Å². The molecule has 2 rings (SSSR count). The molecule has 1 aliphatic carbocycles. The molecule has 1 aliphatic rings. The van der Waals surface area contributed by atoms with Gasteiger partial charge in [-0.2, -0.15) is 0 Å². The van der Waals surface area contributed by atoms with Gasteiger partial charge in [0.1, 0.15) is 5.75 Å². The first-order valence-electron chi connectivity index (χ1n) is 4.63. The van der Waals surface area contributed by atoms with Gasteiger partial charge in [-0.05, 0) is 37.1 Å². The molecule has 0 aliphatic heterocycles. The molecule has 0 spiro atoms. The van der Waals surface area contributed by atoms with Gasteiger partial charge in [-0.3, -0.25) is 4.79 Å². The third-order valence-electron chi connectivity index (χ3n) is 2.59. The molecule has 0 unspecified atom stereocenters. The van der Waals surface area contributed by atoms with Crippen molar-refractivity contribution in [1.29, 1.82) is 0 Å². The number of methoxy groups -OCH3 is 1. The molecule has 0 aromatic heterocycles. The van der Waals surface area contributed by atoms with E-state index in [9.17, 15) is 4.79 Å². The average Bonchev–Trinajstić information content (AvgIpc) is 2.97. The van der Waals surface area contributed by atoms with E-state index in [-0.39, 0.29) is 5.78 Å². The highest BCUT2D eigenvalue weighted by Gasteiger charge is 2.45. The summed E-state index contributed by atoms with van der Waals surface area (Å²) >= 11 is 0. The fourth-order valence-corrected chi connectivity index (χ4v) is 1.39. The van der Waals surface area contributed by atoms with Gasteiger partial charge >= 0.3 is 0 Å². The van der Waals surface area contributed by atoms with Crippen LogP contribution in [0.5, 0.6) is 5.75 Å². The van der Waals surface area contributed by atoms with Crippen LogP contribution in [0.4, 0.5) is 0 Å². The van der Waals surface area contributed by atoms with Crippen molar-refractivity contribution < 1.29 is 9.53 Å². The minimum Gasteiger partial charge on any atom is -0.497 e. The van der Waals surface area contributed by atoms with E-state index in [1.807, 2.05) is 0 Å². The summed E-state index contributed by atoms with van der Waals surface area (Å²) in [5.41, 5.74) is 5.91. The van der Waals surface area contributed by atoms with Gasteiger partial charge in [-0.1, -0.05) is 0 Å². The standard InChI is InChI=1S/C11H13NO2/c1-14-9-4-2-8(3-5-9)10(13)11(12)6-7-11/h2-5H,6-7,12H2,1H3. The Morgan fingerprint density at radius 1 is 1.36 bits per heavy atom. The number of hydrogen-bond acceptors (Lipinski definition) is 3. The number of hydrogen-bond donors (Lipinski definition) is 1. The Kier molecular flexibility index (Phi) is 2.04. The van der Waals surface area contributed by atoms with E-state index < -0.39 is 5.54 Å². The van der Waals surface area contributed by atoms with Crippen molar-refractivity contribution in [2.45, 2.75) is 18.4 Å². The number of ketones is 1. The zero-order chi connectivity index (χ0) is 10.2. The third-order valence-corrected chi connectivity index (χ3v) is 2.59. The molecule has 0 atom stereocenters. The summed E-state index contributed by atoms with van der Waals surface area (Å²) in [4.78, 5) is 11.8. The lowest BCUT2D eigenvalue weighted by molar-refractivity contribution is 0.0949. The Morgan fingerprint density at radius 2 is 1.93 bits per heavy atom. The van der Waals surface area contributed by atoms with Crippen LogP contribution >= 0.6 is 0 Å². The minimum absolute atomic E-state index is 0.0418. The fourth-order valence-electron chi connectivity index (χ4n) is 1.39. The highest BCUT2D eigenvalue weighted by molar-refractivity contribution is 6.05. The van der Waals surface area contributed by atoms with Crippen LogP contribution < -0.4 is 10.5 Å². The second-order valence-corrected chi connectivity index (χ2v) is 3.71. The molecule has 1 aromatic carbocycles. The van der Waals surface area contributed by atoms with E-state index in [1.54, 1.807) is 31.4 Å². The SMILES string of the molecule is COc1ccc(C(=O)C2(N)CC2)cc1. The normalized spacial score (nSPS) is 17.6. The summed E-state index contributed by atoms with van der Waals surface area (Å²) in [5.74, 6) is 0.795. The summed E-state index contributed by atoms with van der Waals surface area (Å²) in [6.45, 7) is 0. The van der Waals surface area contributed by atoms with Gasteiger partial charge in [0.15, 0.2) is 5.78 Å². The summed E-state index contributed by atoms with van der Waals surface area (Å²) in [6.07, 6.45) is 1.61. The molecular formula is C11H13NO2. The zero-order valence-electron chi connectivity index (χ0n) is 8.12. The van der Waals surface area contributed by atoms with Crippen LogP contribution in [-0.4, -0.2) is 18.4 Å². The predicted octanol–water partition coefficient (Wildman–Crippen LogP) is 1.37. The molecule has 3 nitrogen and oxygen atoms in total. The Balaban J connectivity index is 2.20. The van der Waals surface area contributed by atoms with Crippen LogP contribution in [0, 0.1) is 0 Å². The van der Waals surface area contributed by atoms with Crippen molar-refractivity contribution in [3.63, 3.8) is 0 Å². The number of rotatable bonds is 3. The number of nitrogens with two attached hydrogens (primary N) is 1. The van der Waals surface area contributed by atoms with Crippen LogP contribution in [0.1, 0.15) is 23.2 Å². The maximum Gasteiger partial charge on any atom is 0.182 e. The van der Waals surface area contributed by atoms with Crippen molar-refractivity contribution in [3.05, 3.63) is 29.8 Å². The molecule has 1 saturated carbocycles. The summed E-state index contributed by atoms with van der Waals surface area (Å²) in [7, 11) is 1.60. The lowest BCUT2D eigenvalue weighted by Crippen LogP contribution is -2.32. The zero-order valence-corrected chi connectivity index (χ0v) is 8.12. The minimum atomic E-state index is -0.575. The van der Waals surface area contributed by atoms with Crippen molar-refractivity contribution in [1.82, 2.24) is 0 Å². The van der Waals surface area contributed by atoms with Gasteiger partial charge in [-0.15, -0.1) is 0 Å². The predicted molar refractivity (Wildman–Crippen MR) is 53.5 cm³/mol. The first kappa shape index (κ1) is 9.21. The monoisotopic (exact) mass is 191 g/mol. The summed E-state index contributed by atoms with van der Waals surface area (Å²) < 4.78 is 5.01. The van der Waals surface area contributed by atoms with E-state index in [1.165, 1.54) is 0 Å². The number of Topliss-reactive ketones (excluding diaryl/α,β-unsaturated/α-hetero) is 1. The molecule has 3 heteroatoms. The van der Waals surface area contributed by atoms with Crippen molar-refractivity contribution >= 4 is 5.78 Å². The molecule has 1 aromatic rings. The molecular weight excluding hydrogens is 178 g/mol. The Labute approximate surface area is 82.9 Å². The molecule has 14 heavy (non-hydrogen) atoms. The molecule has 0 heterocycles. The molecule has 1 fully saturated rings. The molecule has 0 amide bonds. The van der Waals surface area contributed by atoms with E-state index in [4.69, 9.17) is 10.5 Å². The molecule has 2 N–H and O–H groups in total. The number of ether oxygens (including phenoxy) is 1. The van der Waals surface area contributed by atoms with Gasteiger partial charge in [0.25, 0.3) is 0 Å². The highest BCUT2D eigenvalue weighted by atomic mass is 16.5. The Hall–Kier alpha value is -1.35. The quantitative estimate of drug-likeness (QED) is 0.734. The van der Waals surface area contributed by atoms with Gasteiger partial charge < -0.3 is 10.5 Å². The van der Waals surface area contributed by atoms with E-state index in [2.05, 4.69) is 0 Å². The fraction of sp³-hybridized carbons (Fsp3) is 0.364. The molecule has 0 bridgehead atoms. The second kappa shape index (κ2) is 3.10.